The molecule has 0 radical (unpaired) electrons. The SMILES string of the molecule is CC(Cl)CC(C)NCc1ccc(O)cc1. The summed E-state index contributed by atoms with van der Waals surface area (Å²) < 4.78 is 0. The smallest absolute Gasteiger partial charge is 0.115 e. The molecule has 0 aliphatic heterocycles. The molecule has 0 heterocycles. The lowest BCUT2D eigenvalue weighted by Crippen LogP contribution is -2.27. The molecule has 1 rings (SSSR count). The molecule has 0 aromatic heterocycles. The zero-order chi connectivity index (χ0) is 11.3. The molecule has 1 aromatic rings. The van der Waals surface area contributed by atoms with E-state index in [-0.39, 0.29) is 5.38 Å². The zero-order valence-corrected chi connectivity index (χ0v) is 9.96. The van der Waals surface area contributed by atoms with Crippen LogP contribution in [-0.4, -0.2) is 16.5 Å². The molecule has 2 nitrogen and oxygen atoms in total. The van der Waals surface area contributed by atoms with E-state index < -0.39 is 0 Å². The molecule has 0 aliphatic rings. The standard InChI is InChI=1S/C12H18ClNO/c1-9(13)7-10(2)14-8-11-3-5-12(15)6-4-11/h3-6,9-10,14-15H,7-8H2,1-2H3. The first kappa shape index (κ1) is 12.3. The van der Waals surface area contributed by atoms with Crippen molar-refractivity contribution in [1.29, 1.82) is 0 Å². The van der Waals surface area contributed by atoms with Crippen molar-refractivity contribution in [2.75, 3.05) is 0 Å². The van der Waals surface area contributed by atoms with E-state index in [1.54, 1.807) is 12.1 Å². The summed E-state index contributed by atoms with van der Waals surface area (Å²) in [7, 11) is 0. The lowest BCUT2D eigenvalue weighted by atomic mass is 10.1. The number of halogens is 1. The number of hydrogen-bond donors (Lipinski definition) is 2. The predicted molar refractivity (Wildman–Crippen MR) is 64.3 cm³/mol. The number of aromatic hydroxyl groups is 1. The Hall–Kier alpha value is -0.730. The molecule has 0 saturated carbocycles. The fraction of sp³-hybridized carbons (Fsp3) is 0.500. The van der Waals surface area contributed by atoms with Crippen LogP contribution in [-0.2, 0) is 6.54 Å². The van der Waals surface area contributed by atoms with Crippen molar-refractivity contribution in [3.63, 3.8) is 0 Å². The van der Waals surface area contributed by atoms with Gasteiger partial charge >= 0.3 is 0 Å². The topological polar surface area (TPSA) is 32.3 Å². The number of nitrogens with one attached hydrogen (secondary N) is 1. The molecule has 0 fully saturated rings. The van der Waals surface area contributed by atoms with Gasteiger partial charge in [0, 0.05) is 18.0 Å². The Morgan fingerprint density at radius 2 is 1.87 bits per heavy atom. The summed E-state index contributed by atoms with van der Waals surface area (Å²) in [6.07, 6.45) is 0.958. The monoisotopic (exact) mass is 227 g/mol. The van der Waals surface area contributed by atoms with Gasteiger partial charge in [-0.05, 0) is 38.0 Å². The van der Waals surface area contributed by atoms with E-state index in [2.05, 4.69) is 12.2 Å². The predicted octanol–water partition coefficient (Wildman–Crippen LogP) is 2.89. The summed E-state index contributed by atoms with van der Waals surface area (Å²) in [5.41, 5.74) is 1.17. The summed E-state index contributed by atoms with van der Waals surface area (Å²) in [5.74, 6) is 0.307. The Morgan fingerprint density at radius 3 is 2.40 bits per heavy atom. The van der Waals surface area contributed by atoms with E-state index in [0.29, 0.717) is 11.8 Å². The van der Waals surface area contributed by atoms with Gasteiger partial charge in [0.05, 0.1) is 0 Å². The Kier molecular flexibility index (Phi) is 4.92. The summed E-state index contributed by atoms with van der Waals surface area (Å²) in [6.45, 7) is 4.94. The van der Waals surface area contributed by atoms with Gasteiger partial charge in [0.25, 0.3) is 0 Å². The third-order valence-corrected chi connectivity index (χ3v) is 2.45. The summed E-state index contributed by atoms with van der Waals surface area (Å²) in [6, 6.07) is 7.64. The molecule has 0 aliphatic carbocycles. The van der Waals surface area contributed by atoms with Crippen LogP contribution in [0.25, 0.3) is 0 Å². The first-order chi connectivity index (χ1) is 7.08. The van der Waals surface area contributed by atoms with Crippen molar-refractivity contribution in [2.45, 2.75) is 38.2 Å². The minimum atomic E-state index is 0.201. The highest BCUT2D eigenvalue weighted by Gasteiger charge is 2.05. The van der Waals surface area contributed by atoms with Crippen LogP contribution in [0.1, 0.15) is 25.8 Å². The van der Waals surface area contributed by atoms with E-state index >= 15 is 0 Å². The largest absolute Gasteiger partial charge is 0.508 e. The van der Waals surface area contributed by atoms with Crippen molar-refractivity contribution in [1.82, 2.24) is 5.32 Å². The van der Waals surface area contributed by atoms with Gasteiger partial charge in [-0.25, -0.2) is 0 Å². The zero-order valence-electron chi connectivity index (χ0n) is 9.20. The summed E-state index contributed by atoms with van der Waals surface area (Å²) >= 11 is 5.90. The number of phenols is 1. The Labute approximate surface area is 96.3 Å². The van der Waals surface area contributed by atoms with Crippen molar-refractivity contribution < 1.29 is 5.11 Å². The van der Waals surface area contributed by atoms with E-state index in [1.165, 1.54) is 5.56 Å². The average Bonchev–Trinajstić information content (AvgIpc) is 2.16. The Bertz CT molecular complexity index is 284. The highest BCUT2D eigenvalue weighted by molar-refractivity contribution is 6.20. The molecule has 2 N–H and O–H groups in total. The van der Waals surface area contributed by atoms with Gasteiger partial charge in [-0.15, -0.1) is 11.6 Å². The van der Waals surface area contributed by atoms with Crippen LogP contribution in [0.4, 0.5) is 0 Å². The van der Waals surface area contributed by atoms with Crippen LogP contribution < -0.4 is 5.32 Å². The molecule has 0 bridgehead atoms. The van der Waals surface area contributed by atoms with E-state index in [4.69, 9.17) is 16.7 Å². The third kappa shape index (κ3) is 5.05. The second kappa shape index (κ2) is 5.99. The lowest BCUT2D eigenvalue weighted by Gasteiger charge is -2.14. The van der Waals surface area contributed by atoms with Crippen molar-refractivity contribution in [3.05, 3.63) is 29.8 Å². The lowest BCUT2D eigenvalue weighted by molar-refractivity contribution is 0.474. The molecule has 1 aromatic carbocycles. The minimum Gasteiger partial charge on any atom is -0.508 e. The van der Waals surface area contributed by atoms with Crippen LogP contribution in [0.2, 0.25) is 0 Å². The highest BCUT2D eigenvalue weighted by atomic mass is 35.5. The third-order valence-electron chi connectivity index (χ3n) is 2.27. The Balaban J connectivity index is 2.33. The molecule has 0 spiro atoms. The number of phenolic OH excluding ortho intramolecular Hbond substituents is 1. The fourth-order valence-electron chi connectivity index (χ4n) is 1.48. The molecule has 0 saturated heterocycles. The van der Waals surface area contributed by atoms with E-state index in [0.717, 1.165) is 13.0 Å². The number of alkyl halides is 1. The van der Waals surface area contributed by atoms with Gasteiger partial charge in [0.1, 0.15) is 5.75 Å². The maximum atomic E-state index is 9.12. The molecule has 0 amide bonds. The molecular weight excluding hydrogens is 210 g/mol. The van der Waals surface area contributed by atoms with E-state index in [1.807, 2.05) is 19.1 Å². The van der Waals surface area contributed by atoms with Crippen molar-refractivity contribution in [3.8, 4) is 5.75 Å². The van der Waals surface area contributed by atoms with Gasteiger partial charge in [-0.1, -0.05) is 12.1 Å². The second-order valence-corrected chi connectivity index (χ2v) is 4.71. The van der Waals surface area contributed by atoms with Gasteiger partial charge in [-0.2, -0.15) is 0 Å². The van der Waals surface area contributed by atoms with Crippen LogP contribution in [0, 0.1) is 0 Å². The normalized spacial score (nSPS) is 14.9. The molecular formula is C12H18ClNO. The first-order valence-electron chi connectivity index (χ1n) is 5.23. The fourth-order valence-corrected chi connectivity index (χ4v) is 1.74. The average molecular weight is 228 g/mol. The maximum Gasteiger partial charge on any atom is 0.115 e. The number of benzene rings is 1. The van der Waals surface area contributed by atoms with Crippen LogP contribution in [0.15, 0.2) is 24.3 Å². The van der Waals surface area contributed by atoms with Crippen LogP contribution in [0.3, 0.4) is 0 Å². The highest BCUT2D eigenvalue weighted by Crippen LogP contribution is 2.10. The van der Waals surface area contributed by atoms with Gasteiger partial charge in [0.2, 0.25) is 0 Å². The first-order valence-corrected chi connectivity index (χ1v) is 5.67. The van der Waals surface area contributed by atoms with Gasteiger partial charge < -0.3 is 10.4 Å². The Morgan fingerprint density at radius 1 is 1.27 bits per heavy atom. The quantitative estimate of drug-likeness (QED) is 0.759. The number of hydrogen-bond acceptors (Lipinski definition) is 2. The van der Waals surface area contributed by atoms with Gasteiger partial charge in [0.15, 0.2) is 0 Å². The van der Waals surface area contributed by atoms with Gasteiger partial charge in [-0.3, -0.25) is 0 Å². The number of rotatable bonds is 5. The molecule has 2 atom stereocenters. The second-order valence-electron chi connectivity index (χ2n) is 3.96. The molecule has 84 valence electrons. The van der Waals surface area contributed by atoms with Crippen molar-refractivity contribution in [2.24, 2.45) is 0 Å². The summed E-state index contributed by atoms with van der Waals surface area (Å²) in [4.78, 5) is 0. The van der Waals surface area contributed by atoms with Crippen molar-refractivity contribution >= 4 is 11.6 Å². The molecule has 15 heavy (non-hydrogen) atoms. The molecule has 2 unspecified atom stereocenters. The molecule has 3 heteroatoms. The minimum absolute atomic E-state index is 0.201. The maximum absolute atomic E-state index is 9.12. The summed E-state index contributed by atoms with van der Waals surface area (Å²) in [5, 5.41) is 12.7. The van der Waals surface area contributed by atoms with E-state index in [9.17, 15) is 0 Å². The van der Waals surface area contributed by atoms with Crippen LogP contribution in [0.5, 0.6) is 5.75 Å². The van der Waals surface area contributed by atoms with Crippen LogP contribution >= 0.6 is 11.6 Å².